The Morgan fingerprint density at radius 2 is 2.04 bits per heavy atom. The molecule has 0 spiro atoms. The summed E-state index contributed by atoms with van der Waals surface area (Å²) in [6.07, 6.45) is 1.50. The maximum absolute atomic E-state index is 12.6. The third-order valence-electron chi connectivity index (χ3n) is 4.57. The topological polar surface area (TPSA) is 89.0 Å². The first-order valence-electron chi connectivity index (χ1n) is 9.10. The number of rotatable bonds is 7. The standard InChI is InChI=1S/C21H23N3O4/c1-3-28-18-11-14(9-10-17(18)27-2)12-23-24-21(26)19-16(13-22-20(19)25)15-7-5-4-6-8-15/h4-12,16,19H,3,13H2,1-2H3,(H,22,25)(H,24,26)/t16-,19+/m0/s1. The van der Waals surface area contributed by atoms with Gasteiger partial charge in [0.05, 0.1) is 19.9 Å². The van der Waals surface area contributed by atoms with E-state index < -0.39 is 11.8 Å². The monoisotopic (exact) mass is 381 g/mol. The molecule has 1 heterocycles. The molecule has 7 heteroatoms. The molecule has 0 radical (unpaired) electrons. The van der Waals surface area contributed by atoms with Crippen LogP contribution < -0.4 is 20.2 Å². The molecule has 28 heavy (non-hydrogen) atoms. The molecule has 2 amide bonds. The van der Waals surface area contributed by atoms with Crippen LogP contribution in [0.25, 0.3) is 0 Å². The second-order valence-electron chi connectivity index (χ2n) is 6.32. The van der Waals surface area contributed by atoms with Crippen molar-refractivity contribution < 1.29 is 19.1 Å². The Bertz CT molecular complexity index is 867. The van der Waals surface area contributed by atoms with E-state index in [4.69, 9.17) is 9.47 Å². The van der Waals surface area contributed by atoms with Crippen LogP contribution >= 0.6 is 0 Å². The van der Waals surface area contributed by atoms with Gasteiger partial charge in [0.25, 0.3) is 5.91 Å². The van der Waals surface area contributed by atoms with Gasteiger partial charge in [-0.2, -0.15) is 5.10 Å². The molecule has 1 aliphatic heterocycles. The van der Waals surface area contributed by atoms with Crippen LogP contribution in [0.15, 0.2) is 53.6 Å². The van der Waals surface area contributed by atoms with Gasteiger partial charge in [-0.25, -0.2) is 5.43 Å². The van der Waals surface area contributed by atoms with Crippen LogP contribution in [-0.4, -0.2) is 38.3 Å². The Labute approximate surface area is 163 Å². The highest BCUT2D eigenvalue weighted by Gasteiger charge is 2.40. The lowest BCUT2D eigenvalue weighted by atomic mass is 9.88. The smallest absolute Gasteiger partial charge is 0.253 e. The van der Waals surface area contributed by atoms with Crippen molar-refractivity contribution >= 4 is 18.0 Å². The van der Waals surface area contributed by atoms with Crippen molar-refractivity contribution in [3.8, 4) is 11.5 Å². The zero-order valence-electron chi connectivity index (χ0n) is 15.8. The third-order valence-corrected chi connectivity index (χ3v) is 4.57. The molecule has 0 saturated carbocycles. The molecule has 146 valence electrons. The number of hydrazone groups is 1. The summed E-state index contributed by atoms with van der Waals surface area (Å²) in [5.41, 5.74) is 4.16. The summed E-state index contributed by atoms with van der Waals surface area (Å²) in [5, 5.41) is 6.76. The molecule has 3 rings (SSSR count). The predicted molar refractivity (Wildman–Crippen MR) is 106 cm³/mol. The molecule has 0 aromatic heterocycles. The van der Waals surface area contributed by atoms with Gasteiger partial charge in [-0.3, -0.25) is 9.59 Å². The molecule has 1 aliphatic rings. The van der Waals surface area contributed by atoms with E-state index in [1.54, 1.807) is 25.3 Å². The molecule has 7 nitrogen and oxygen atoms in total. The van der Waals surface area contributed by atoms with Crippen LogP contribution in [0.1, 0.15) is 24.0 Å². The number of methoxy groups -OCH3 is 1. The minimum absolute atomic E-state index is 0.213. The molecule has 2 atom stereocenters. The Balaban J connectivity index is 1.69. The van der Waals surface area contributed by atoms with Crippen LogP contribution in [-0.2, 0) is 9.59 Å². The Hall–Kier alpha value is -3.35. The molecule has 0 unspecified atom stereocenters. The van der Waals surface area contributed by atoms with E-state index in [9.17, 15) is 9.59 Å². The molecular formula is C21H23N3O4. The van der Waals surface area contributed by atoms with Gasteiger partial charge in [-0.1, -0.05) is 30.3 Å². The number of hydrogen-bond acceptors (Lipinski definition) is 5. The van der Waals surface area contributed by atoms with Crippen molar-refractivity contribution in [2.45, 2.75) is 12.8 Å². The van der Waals surface area contributed by atoms with E-state index in [1.807, 2.05) is 37.3 Å². The summed E-state index contributed by atoms with van der Waals surface area (Å²) in [6.45, 7) is 2.82. The Morgan fingerprint density at radius 1 is 1.25 bits per heavy atom. The van der Waals surface area contributed by atoms with Gasteiger partial charge >= 0.3 is 0 Å². The van der Waals surface area contributed by atoms with E-state index in [1.165, 1.54) is 6.21 Å². The van der Waals surface area contributed by atoms with Gasteiger partial charge in [0.15, 0.2) is 11.5 Å². The van der Waals surface area contributed by atoms with Gasteiger partial charge < -0.3 is 14.8 Å². The lowest BCUT2D eigenvalue weighted by Gasteiger charge is -2.15. The molecule has 0 bridgehead atoms. The van der Waals surface area contributed by atoms with Gasteiger partial charge in [-0.05, 0) is 36.2 Å². The maximum atomic E-state index is 12.6. The molecular weight excluding hydrogens is 358 g/mol. The Kier molecular flexibility index (Phi) is 6.26. The van der Waals surface area contributed by atoms with E-state index in [0.29, 0.717) is 24.7 Å². The van der Waals surface area contributed by atoms with Gasteiger partial charge in [-0.15, -0.1) is 0 Å². The number of hydrogen-bond donors (Lipinski definition) is 2. The highest BCUT2D eigenvalue weighted by atomic mass is 16.5. The second kappa shape index (κ2) is 9.03. The first-order valence-corrected chi connectivity index (χ1v) is 9.10. The van der Waals surface area contributed by atoms with Gasteiger partial charge in [0.1, 0.15) is 5.92 Å². The number of carbonyl (C=O) groups excluding carboxylic acids is 2. The Morgan fingerprint density at radius 3 is 2.75 bits per heavy atom. The SMILES string of the molecule is CCOc1cc(C=NNC(=O)[C@H]2C(=O)NC[C@H]2c2ccccc2)ccc1OC. The lowest BCUT2D eigenvalue weighted by molar-refractivity contribution is -0.133. The molecule has 2 aromatic carbocycles. The summed E-state index contributed by atoms with van der Waals surface area (Å²) < 4.78 is 10.8. The highest BCUT2D eigenvalue weighted by molar-refractivity contribution is 6.03. The number of carbonyl (C=O) groups is 2. The molecule has 1 saturated heterocycles. The van der Waals surface area contributed by atoms with E-state index in [2.05, 4.69) is 15.8 Å². The quantitative estimate of drug-likeness (QED) is 0.437. The highest BCUT2D eigenvalue weighted by Crippen LogP contribution is 2.29. The van der Waals surface area contributed by atoms with Crippen LogP contribution in [0, 0.1) is 5.92 Å². The zero-order valence-corrected chi connectivity index (χ0v) is 15.8. The fraction of sp³-hybridized carbons (Fsp3) is 0.286. The summed E-state index contributed by atoms with van der Waals surface area (Å²) >= 11 is 0. The third kappa shape index (κ3) is 4.31. The van der Waals surface area contributed by atoms with Crippen molar-refractivity contribution in [2.75, 3.05) is 20.3 Å². The molecule has 1 fully saturated rings. The van der Waals surface area contributed by atoms with Crippen molar-refractivity contribution in [1.29, 1.82) is 0 Å². The van der Waals surface area contributed by atoms with Crippen LogP contribution in [0.3, 0.4) is 0 Å². The van der Waals surface area contributed by atoms with Crippen LogP contribution in [0.4, 0.5) is 0 Å². The first kappa shape index (κ1) is 19.4. The molecule has 0 aliphatic carbocycles. The fourth-order valence-electron chi connectivity index (χ4n) is 3.22. The minimum atomic E-state index is -0.811. The van der Waals surface area contributed by atoms with Crippen molar-refractivity contribution in [3.05, 3.63) is 59.7 Å². The zero-order chi connectivity index (χ0) is 19.9. The number of ether oxygens (including phenoxy) is 2. The van der Waals surface area contributed by atoms with Crippen molar-refractivity contribution in [1.82, 2.24) is 10.7 Å². The lowest BCUT2D eigenvalue weighted by Crippen LogP contribution is -2.34. The maximum Gasteiger partial charge on any atom is 0.253 e. The van der Waals surface area contributed by atoms with Crippen LogP contribution in [0.5, 0.6) is 11.5 Å². The first-order chi connectivity index (χ1) is 13.6. The number of nitrogens with one attached hydrogen (secondary N) is 2. The van der Waals surface area contributed by atoms with E-state index >= 15 is 0 Å². The van der Waals surface area contributed by atoms with E-state index in [0.717, 1.165) is 11.1 Å². The fourth-order valence-corrected chi connectivity index (χ4v) is 3.22. The second-order valence-corrected chi connectivity index (χ2v) is 6.32. The number of nitrogens with zero attached hydrogens (tertiary/aromatic N) is 1. The summed E-state index contributed by atoms with van der Waals surface area (Å²) in [5.74, 6) is -0.525. The number of amides is 2. The van der Waals surface area contributed by atoms with E-state index in [-0.39, 0.29) is 11.8 Å². The van der Waals surface area contributed by atoms with Crippen molar-refractivity contribution in [2.24, 2.45) is 11.0 Å². The average molecular weight is 381 g/mol. The van der Waals surface area contributed by atoms with Crippen molar-refractivity contribution in [3.63, 3.8) is 0 Å². The minimum Gasteiger partial charge on any atom is -0.493 e. The summed E-state index contributed by atoms with van der Waals surface area (Å²) in [4.78, 5) is 24.7. The largest absolute Gasteiger partial charge is 0.493 e. The predicted octanol–water partition coefficient (Wildman–Crippen LogP) is 2.07. The van der Waals surface area contributed by atoms with Gasteiger partial charge in [0, 0.05) is 12.5 Å². The van der Waals surface area contributed by atoms with Crippen LogP contribution in [0.2, 0.25) is 0 Å². The number of benzene rings is 2. The molecule has 2 aromatic rings. The van der Waals surface area contributed by atoms with Gasteiger partial charge in [0.2, 0.25) is 5.91 Å². The normalized spacial score (nSPS) is 18.7. The molecule has 2 N–H and O–H groups in total. The summed E-state index contributed by atoms with van der Waals surface area (Å²) in [6, 6.07) is 14.9. The average Bonchev–Trinajstić information content (AvgIpc) is 3.10. The summed E-state index contributed by atoms with van der Waals surface area (Å²) in [7, 11) is 1.57.